The lowest BCUT2D eigenvalue weighted by Crippen LogP contribution is -2.39. The van der Waals surface area contributed by atoms with E-state index in [1.54, 1.807) is 13.0 Å². The number of carbonyl (C=O) groups is 1. The summed E-state index contributed by atoms with van der Waals surface area (Å²) in [5, 5.41) is 2.96. The van der Waals surface area contributed by atoms with Gasteiger partial charge in [-0.25, -0.2) is 9.78 Å². The number of carbonyl (C=O) groups excluding carboxylic acids is 1. The van der Waals surface area contributed by atoms with Crippen LogP contribution >= 0.6 is 0 Å². The summed E-state index contributed by atoms with van der Waals surface area (Å²) in [6.07, 6.45) is 2.18. The minimum atomic E-state index is -0.603. The van der Waals surface area contributed by atoms with Crippen LogP contribution in [0.25, 0.3) is 11.0 Å². The molecule has 2 aromatic rings. The summed E-state index contributed by atoms with van der Waals surface area (Å²) in [4.78, 5) is 44.1. The van der Waals surface area contributed by atoms with Crippen molar-refractivity contribution in [1.29, 1.82) is 0 Å². The van der Waals surface area contributed by atoms with Crippen LogP contribution in [0.1, 0.15) is 55.6 Å². The highest BCUT2D eigenvalue weighted by atomic mass is 16.2. The van der Waals surface area contributed by atoms with Gasteiger partial charge in [0.05, 0.1) is 10.9 Å². The molecule has 4 N–H and O–H groups in total. The Morgan fingerprint density at radius 3 is 2.69 bits per heavy atom. The zero-order valence-electron chi connectivity index (χ0n) is 15.3. The molecule has 8 nitrogen and oxygen atoms in total. The zero-order valence-corrected chi connectivity index (χ0v) is 15.3. The molecule has 1 aliphatic rings. The first kappa shape index (κ1) is 18.3. The number of fused-ring (bicyclic) bond motifs is 1. The number of nitrogens with one attached hydrogen (secondary N) is 2. The molecule has 0 radical (unpaired) electrons. The van der Waals surface area contributed by atoms with Gasteiger partial charge in [0.25, 0.3) is 11.5 Å². The van der Waals surface area contributed by atoms with E-state index in [1.807, 2.05) is 13.8 Å². The highest BCUT2D eigenvalue weighted by molar-refractivity contribution is 6.05. The smallest absolute Gasteiger partial charge is 0.329 e. The van der Waals surface area contributed by atoms with E-state index in [0.717, 1.165) is 12.8 Å². The fraction of sp³-hybridized carbons (Fsp3) is 0.556. The number of amides is 1. The van der Waals surface area contributed by atoms with E-state index in [-0.39, 0.29) is 34.5 Å². The molecule has 1 amide bonds. The summed E-state index contributed by atoms with van der Waals surface area (Å²) < 4.78 is 1.37. The molecule has 1 atom stereocenters. The van der Waals surface area contributed by atoms with Crippen LogP contribution in [0.2, 0.25) is 0 Å². The molecule has 1 saturated carbocycles. The topological polar surface area (TPSA) is 123 Å². The number of rotatable bonds is 6. The lowest BCUT2D eigenvalue weighted by Gasteiger charge is -2.15. The lowest BCUT2D eigenvalue weighted by atomic mass is 10.0. The van der Waals surface area contributed by atoms with Crippen LogP contribution in [0, 0.1) is 5.92 Å². The van der Waals surface area contributed by atoms with Gasteiger partial charge in [-0.15, -0.1) is 0 Å². The number of nitrogens with zero attached hydrogens (tertiary/aromatic N) is 2. The third-order valence-electron chi connectivity index (χ3n) is 4.85. The van der Waals surface area contributed by atoms with Crippen molar-refractivity contribution in [2.75, 3.05) is 6.54 Å². The van der Waals surface area contributed by atoms with Crippen molar-refractivity contribution in [2.24, 2.45) is 11.7 Å². The predicted molar refractivity (Wildman–Crippen MR) is 99.4 cm³/mol. The van der Waals surface area contributed by atoms with Crippen molar-refractivity contribution in [3.05, 3.63) is 38.2 Å². The number of H-pyrrole nitrogens is 1. The van der Waals surface area contributed by atoms with Crippen molar-refractivity contribution in [1.82, 2.24) is 19.9 Å². The molecule has 8 heteroatoms. The standard InChI is InChI=1S/C18H25N5O3/c1-4-23-15-14(17(25)22-18(23)26)11(7-13(21-15)9(2)3)16(24)20-8-12(19)10-5-6-10/h7,9-10,12H,4-6,8,19H2,1-3H3,(H,20,24)(H,22,25,26). The van der Waals surface area contributed by atoms with Crippen LogP contribution in [-0.4, -0.2) is 33.0 Å². The Balaban J connectivity index is 2.11. The summed E-state index contributed by atoms with van der Waals surface area (Å²) in [7, 11) is 0. The normalized spacial score (nSPS) is 15.4. The van der Waals surface area contributed by atoms with Crippen molar-refractivity contribution in [2.45, 2.75) is 52.1 Å². The minimum Gasteiger partial charge on any atom is -0.350 e. The summed E-state index contributed by atoms with van der Waals surface area (Å²) in [6.45, 7) is 6.38. The Kier molecular flexibility index (Phi) is 4.95. The summed E-state index contributed by atoms with van der Waals surface area (Å²) in [6, 6.07) is 1.55. The van der Waals surface area contributed by atoms with E-state index in [9.17, 15) is 14.4 Å². The van der Waals surface area contributed by atoms with E-state index >= 15 is 0 Å². The maximum absolute atomic E-state index is 12.8. The first-order valence-electron chi connectivity index (χ1n) is 9.05. The molecule has 2 aromatic heterocycles. The number of aryl methyl sites for hydroxylation is 1. The maximum atomic E-state index is 12.8. The highest BCUT2D eigenvalue weighted by Crippen LogP contribution is 2.31. The second kappa shape index (κ2) is 7.03. The van der Waals surface area contributed by atoms with Gasteiger partial charge in [-0.1, -0.05) is 13.8 Å². The molecular formula is C18H25N5O3. The van der Waals surface area contributed by atoms with Gasteiger partial charge in [0.15, 0.2) is 5.65 Å². The second-order valence-electron chi connectivity index (χ2n) is 7.16. The monoisotopic (exact) mass is 359 g/mol. The SMILES string of the molecule is CCn1c(=O)[nH]c(=O)c2c(C(=O)NCC(N)C3CC3)cc(C(C)C)nc21. The van der Waals surface area contributed by atoms with Crippen molar-refractivity contribution < 1.29 is 4.79 Å². The van der Waals surface area contributed by atoms with Crippen molar-refractivity contribution in [3.8, 4) is 0 Å². The van der Waals surface area contributed by atoms with Gasteiger partial charge in [-0.2, -0.15) is 0 Å². The molecule has 1 unspecified atom stereocenters. The van der Waals surface area contributed by atoms with Crippen LogP contribution in [0.3, 0.4) is 0 Å². The predicted octanol–water partition coefficient (Wildman–Crippen LogP) is 0.695. The molecule has 3 rings (SSSR count). The van der Waals surface area contributed by atoms with Crippen LogP contribution in [-0.2, 0) is 6.54 Å². The van der Waals surface area contributed by atoms with Gasteiger partial charge in [0.1, 0.15) is 0 Å². The van der Waals surface area contributed by atoms with Crippen LogP contribution < -0.4 is 22.3 Å². The Morgan fingerprint density at radius 1 is 1.42 bits per heavy atom. The fourth-order valence-corrected chi connectivity index (χ4v) is 3.06. The molecule has 0 saturated heterocycles. The molecule has 1 fully saturated rings. The van der Waals surface area contributed by atoms with E-state index in [4.69, 9.17) is 5.73 Å². The Hall–Kier alpha value is -2.48. The molecule has 0 aromatic carbocycles. The molecule has 0 spiro atoms. The van der Waals surface area contributed by atoms with Gasteiger partial charge in [-0.05, 0) is 37.7 Å². The Labute approximate surface area is 150 Å². The first-order valence-corrected chi connectivity index (χ1v) is 9.05. The molecule has 1 aliphatic carbocycles. The number of aromatic nitrogens is 3. The molecule has 26 heavy (non-hydrogen) atoms. The highest BCUT2D eigenvalue weighted by Gasteiger charge is 2.29. The van der Waals surface area contributed by atoms with E-state index < -0.39 is 11.2 Å². The number of hydrogen-bond acceptors (Lipinski definition) is 5. The number of aromatic amines is 1. The van der Waals surface area contributed by atoms with E-state index in [1.165, 1.54) is 4.57 Å². The number of nitrogens with two attached hydrogens (primary N) is 1. The number of pyridine rings is 1. The van der Waals surface area contributed by atoms with Gasteiger partial charge in [-0.3, -0.25) is 19.1 Å². The van der Waals surface area contributed by atoms with Crippen LogP contribution in [0.15, 0.2) is 15.7 Å². The molecule has 0 bridgehead atoms. The molecular weight excluding hydrogens is 334 g/mol. The zero-order chi connectivity index (χ0) is 19.0. The van der Waals surface area contributed by atoms with Crippen molar-refractivity contribution >= 4 is 16.9 Å². The summed E-state index contributed by atoms with van der Waals surface area (Å²) in [5.41, 5.74) is 6.04. The van der Waals surface area contributed by atoms with Gasteiger partial charge >= 0.3 is 5.69 Å². The molecule has 0 aliphatic heterocycles. The lowest BCUT2D eigenvalue weighted by molar-refractivity contribution is 0.0951. The number of hydrogen-bond donors (Lipinski definition) is 3. The largest absolute Gasteiger partial charge is 0.350 e. The van der Waals surface area contributed by atoms with Crippen LogP contribution in [0.4, 0.5) is 0 Å². The van der Waals surface area contributed by atoms with E-state index in [0.29, 0.717) is 24.7 Å². The van der Waals surface area contributed by atoms with Gasteiger partial charge in [0, 0.05) is 24.8 Å². The molecule has 140 valence electrons. The maximum Gasteiger partial charge on any atom is 0.329 e. The Morgan fingerprint density at radius 2 is 2.12 bits per heavy atom. The van der Waals surface area contributed by atoms with Crippen molar-refractivity contribution in [3.63, 3.8) is 0 Å². The van der Waals surface area contributed by atoms with Gasteiger partial charge in [0.2, 0.25) is 0 Å². The quantitative estimate of drug-likeness (QED) is 0.700. The second-order valence-corrected chi connectivity index (χ2v) is 7.16. The average Bonchev–Trinajstić information content (AvgIpc) is 3.43. The minimum absolute atomic E-state index is 0.0411. The molecule has 2 heterocycles. The average molecular weight is 359 g/mol. The fourth-order valence-electron chi connectivity index (χ4n) is 3.06. The third-order valence-corrected chi connectivity index (χ3v) is 4.85. The van der Waals surface area contributed by atoms with Gasteiger partial charge < -0.3 is 11.1 Å². The summed E-state index contributed by atoms with van der Waals surface area (Å²) in [5.74, 6) is 0.131. The van der Waals surface area contributed by atoms with Crippen LogP contribution in [0.5, 0.6) is 0 Å². The first-order chi connectivity index (χ1) is 12.3. The van der Waals surface area contributed by atoms with E-state index in [2.05, 4.69) is 15.3 Å². The Bertz CT molecular complexity index is 956. The summed E-state index contributed by atoms with van der Waals surface area (Å²) >= 11 is 0. The third kappa shape index (κ3) is 3.41.